The molecule has 4 rings (SSSR count). The van der Waals surface area contributed by atoms with Gasteiger partial charge in [0.1, 0.15) is 12.2 Å². The minimum Gasteiger partial charge on any atom is -0.448 e. The second kappa shape index (κ2) is 9.14. The van der Waals surface area contributed by atoms with E-state index in [1.165, 1.54) is 16.0 Å². The molecule has 7 heteroatoms. The Hall–Kier alpha value is -3.53. The van der Waals surface area contributed by atoms with Crippen LogP contribution in [0.15, 0.2) is 48.5 Å². The molecule has 0 saturated carbocycles. The fraction of sp³-hybridized carbons (Fsp3) is 0.423. The van der Waals surface area contributed by atoms with Gasteiger partial charge in [-0.15, -0.1) is 0 Å². The Morgan fingerprint density at radius 1 is 1.06 bits per heavy atom. The monoisotopic (exact) mass is 447 g/mol. The lowest BCUT2D eigenvalue weighted by Crippen LogP contribution is -2.53. The highest BCUT2D eigenvalue weighted by Crippen LogP contribution is 2.44. The number of ether oxygens (including phenoxy) is 2. The number of hydrogen-bond donors (Lipinski definition) is 1. The Balaban J connectivity index is 1.42. The van der Waals surface area contributed by atoms with Crippen molar-refractivity contribution >= 4 is 12.2 Å². The molecule has 2 unspecified atom stereocenters. The average Bonchev–Trinajstić information content (AvgIpc) is 3.09. The number of piperidine rings is 1. The van der Waals surface area contributed by atoms with Gasteiger partial charge >= 0.3 is 12.2 Å². The van der Waals surface area contributed by atoms with Gasteiger partial charge in [0.25, 0.3) is 0 Å². The maximum absolute atomic E-state index is 13.0. The second-order valence-electron chi connectivity index (χ2n) is 9.61. The topological polar surface area (TPSA) is 91.7 Å². The van der Waals surface area contributed by atoms with Crippen LogP contribution in [0.2, 0.25) is 0 Å². The van der Waals surface area contributed by atoms with Gasteiger partial charge in [-0.05, 0) is 49.4 Å². The summed E-state index contributed by atoms with van der Waals surface area (Å²) in [4.78, 5) is 26.6. The van der Waals surface area contributed by atoms with E-state index in [-0.39, 0.29) is 37.6 Å². The molecule has 33 heavy (non-hydrogen) atoms. The van der Waals surface area contributed by atoms with Gasteiger partial charge in [-0.1, -0.05) is 48.5 Å². The van der Waals surface area contributed by atoms with Crippen LogP contribution in [0.4, 0.5) is 9.59 Å². The van der Waals surface area contributed by atoms with Gasteiger partial charge in [0.15, 0.2) is 0 Å². The van der Waals surface area contributed by atoms with E-state index in [2.05, 4.69) is 35.7 Å². The fourth-order valence-electron chi connectivity index (χ4n) is 4.61. The van der Waals surface area contributed by atoms with Crippen LogP contribution in [0, 0.1) is 17.2 Å². The molecule has 1 aliphatic carbocycles. The van der Waals surface area contributed by atoms with Crippen LogP contribution in [-0.4, -0.2) is 48.4 Å². The van der Waals surface area contributed by atoms with E-state index in [1.54, 1.807) is 20.8 Å². The van der Waals surface area contributed by atoms with Crippen LogP contribution >= 0.6 is 0 Å². The SMILES string of the molecule is CC(C)(C)OC(=O)NC1CC(C#N)CN(C(=O)OCC2c3ccccc3-c3ccccc32)C1. The Kier molecular flexibility index (Phi) is 6.28. The Morgan fingerprint density at radius 2 is 1.67 bits per heavy atom. The normalized spacial score (nSPS) is 19.8. The first-order chi connectivity index (χ1) is 15.7. The summed E-state index contributed by atoms with van der Waals surface area (Å²) in [7, 11) is 0. The smallest absolute Gasteiger partial charge is 0.409 e. The lowest BCUT2D eigenvalue weighted by molar-refractivity contribution is 0.0436. The van der Waals surface area contributed by atoms with Gasteiger partial charge in [-0.2, -0.15) is 5.26 Å². The summed E-state index contributed by atoms with van der Waals surface area (Å²) in [5.41, 5.74) is 3.99. The zero-order valence-corrected chi connectivity index (χ0v) is 19.2. The first kappa shape index (κ1) is 22.7. The van der Waals surface area contributed by atoms with Crippen molar-refractivity contribution in [3.8, 4) is 17.2 Å². The van der Waals surface area contributed by atoms with Crippen molar-refractivity contribution in [1.82, 2.24) is 10.2 Å². The molecule has 1 saturated heterocycles. The number of likely N-dealkylation sites (tertiary alicyclic amines) is 1. The van der Waals surface area contributed by atoms with Crippen molar-refractivity contribution in [1.29, 1.82) is 5.26 Å². The van der Waals surface area contributed by atoms with E-state index in [0.717, 1.165) is 11.1 Å². The highest BCUT2D eigenvalue weighted by molar-refractivity contribution is 5.79. The van der Waals surface area contributed by atoms with E-state index < -0.39 is 17.8 Å². The van der Waals surface area contributed by atoms with Crippen molar-refractivity contribution in [3.63, 3.8) is 0 Å². The molecule has 2 atom stereocenters. The Labute approximate surface area is 194 Å². The lowest BCUT2D eigenvalue weighted by atomic mass is 9.96. The molecular weight excluding hydrogens is 418 g/mol. The summed E-state index contributed by atoms with van der Waals surface area (Å²) in [6, 6.07) is 18.2. The number of nitriles is 1. The van der Waals surface area contributed by atoms with E-state index in [1.807, 2.05) is 24.3 Å². The van der Waals surface area contributed by atoms with Crippen molar-refractivity contribution in [3.05, 3.63) is 59.7 Å². The van der Waals surface area contributed by atoms with Crippen LogP contribution in [-0.2, 0) is 9.47 Å². The summed E-state index contributed by atoms with van der Waals surface area (Å²) >= 11 is 0. The summed E-state index contributed by atoms with van der Waals surface area (Å²) in [5, 5.41) is 12.3. The number of hydrogen-bond acceptors (Lipinski definition) is 5. The van der Waals surface area contributed by atoms with Gasteiger partial charge in [0.2, 0.25) is 0 Å². The number of benzene rings is 2. The molecule has 172 valence electrons. The van der Waals surface area contributed by atoms with Crippen molar-refractivity contribution in [2.24, 2.45) is 5.92 Å². The number of rotatable bonds is 3. The number of fused-ring (bicyclic) bond motifs is 3. The third-order valence-electron chi connectivity index (χ3n) is 5.95. The zero-order valence-electron chi connectivity index (χ0n) is 19.2. The molecule has 1 heterocycles. The predicted molar refractivity (Wildman–Crippen MR) is 124 cm³/mol. The third-order valence-corrected chi connectivity index (χ3v) is 5.95. The number of carbonyl (C=O) groups excluding carboxylic acids is 2. The Morgan fingerprint density at radius 3 is 2.24 bits per heavy atom. The summed E-state index contributed by atoms with van der Waals surface area (Å²) in [5.74, 6) is -0.423. The minimum absolute atomic E-state index is 0.0337. The molecule has 2 aromatic rings. The van der Waals surface area contributed by atoms with E-state index in [0.29, 0.717) is 6.42 Å². The standard InChI is InChI=1S/C26H29N3O4/c1-26(2,3)33-24(30)28-18-12-17(13-27)14-29(15-18)25(31)32-16-23-21-10-6-4-8-19(21)20-9-5-7-11-22(20)23/h4-11,17-18,23H,12,14-16H2,1-3H3,(H,28,30). The number of amides is 2. The molecule has 1 fully saturated rings. The van der Waals surface area contributed by atoms with Crippen LogP contribution in [0.25, 0.3) is 11.1 Å². The van der Waals surface area contributed by atoms with E-state index >= 15 is 0 Å². The van der Waals surface area contributed by atoms with Gasteiger partial charge in [-0.3, -0.25) is 0 Å². The maximum atomic E-state index is 13.0. The Bertz CT molecular complexity index is 1040. The highest BCUT2D eigenvalue weighted by atomic mass is 16.6. The van der Waals surface area contributed by atoms with Crippen molar-refractivity contribution in [2.75, 3.05) is 19.7 Å². The zero-order chi connectivity index (χ0) is 23.6. The van der Waals surface area contributed by atoms with Gasteiger partial charge in [-0.25, -0.2) is 9.59 Å². The molecule has 2 aliphatic rings. The molecular formula is C26H29N3O4. The maximum Gasteiger partial charge on any atom is 0.409 e. The molecule has 0 spiro atoms. The van der Waals surface area contributed by atoms with Crippen LogP contribution in [0.3, 0.4) is 0 Å². The van der Waals surface area contributed by atoms with Crippen molar-refractivity contribution < 1.29 is 19.1 Å². The largest absolute Gasteiger partial charge is 0.448 e. The van der Waals surface area contributed by atoms with E-state index in [4.69, 9.17) is 9.47 Å². The molecule has 1 N–H and O–H groups in total. The number of alkyl carbamates (subject to hydrolysis) is 1. The molecule has 2 aromatic carbocycles. The number of nitrogens with one attached hydrogen (secondary N) is 1. The average molecular weight is 448 g/mol. The predicted octanol–water partition coefficient (Wildman–Crippen LogP) is 4.67. The van der Waals surface area contributed by atoms with Crippen LogP contribution < -0.4 is 5.32 Å². The van der Waals surface area contributed by atoms with Crippen molar-refractivity contribution in [2.45, 2.75) is 44.8 Å². The number of nitrogens with zero attached hydrogens (tertiary/aromatic N) is 2. The first-order valence-electron chi connectivity index (χ1n) is 11.2. The minimum atomic E-state index is -0.625. The molecule has 7 nitrogen and oxygen atoms in total. The molecule has 0 radical (unpaired) electrons. The summed E-state index contributed by atoms with van der Waals surface area (Å²) < 4.78 is 11.1. The number of carbonyl (C=O) groups is 2. The van der Waals surface area contributed by atoms with E-state index in [9.17, 15) is 14.9 Å². The molecule has 0 aromatic heterocycles. The lowest BCUT2D eigenvalue weighted by Gasteiger charge is -2.35. The fourth-order valence-corrected chi connectivity index (χ4v) is 4.61. The molecule has 1 aliphatic heterocycles. The van der Waals surface area contributed by atoms with Crippen LogP contribution in [0.5, 0.6) is 0 Å². The summed E-state index contributed by atoms with van der Waals surface area (Å²) in [6.45, 7) is 6.12. The van der Waals surface area contributed by atoms with Crippen LogP contribution in [0.1, 0.15) is 44.2 Å². The second-order valence-corrected chi connectivity index (χ2v) is 9.61. The summed E-state index contributed by atoms with van der Waals surface area (Å²) in [6.07, 6.45) is -0.575. The highest BCUT2D eigenvalue weighted by Gasteiger charge is 2.34. The third kappa shape index (κ3) is 5.11. The molecule has 0 bridgehead atoms. The van der Waals surface area contributed by atoms with Gasteiger partial charge in [0, 0.05) is 19.0 Å². The quantitative estimate of drug-likeness (QED) is 0.738. The van der Waals surface area contributed by atoms with Gasteiger partial charge < -0.3 is 19.7 Å². The molecule has 2 amide bonds. The first-order valence-corrected chi connectivity index (χ1v) is 11.2. The van der Waals surface area contributed by atoms with Gasteiger partial charge in [0.05, 0.1) is 18.0 Å².